The van der Waals surface area contributed by atoms with Gasteiger partial charge in [-0.1, -0.05) is 30.3 Å². The van der Waals surface area contributed by atoms with Gasteiger partial charge < -0.3 is 15.4 Å². The number of rotatable bonds is 5. The Kier molecular flexibility index (Phi) is 5.57. The highest BCUT2D eigenvalue weighted by Gasteiger charge is 2.02. The smallest absolute Gasteiger partial charge is 0.315 e. The first-order chi connectivity index (χ1) is 8.22. The molecule has 0 aliphatic rings. The van der Waals surface area contributed by atoms with Gasteiger partial charge in [0.15, 0.2) is 0 Å². The van der Waals surface area contributed by atoms with Gasteiger partial charge in [-0.05, 0) is 5.56 Å². The number of hydrogen-bond acceptors (Lipinski definition) is 3. The quantitative estimate of drug-likeness (QED) is 0.751. The van der Waals surface area contributed by atoms with E-state index in [1.165, 1.54) is 7.11 Å². The van der Waals surface area contributed by atoms with Crippen LogP contribution >= 0.6 is 0 Å². The SMILES string of the molecule is COC(=O)CCNC(=O)NCc1ccccc1. The Labute approximate surface area is 100 Å². The molecule has 5 nitrogen and oxygen atoms in total. The molecule has 0 bridgehead atoms. The van der Waals surface area contributed by atoms with Crippen molar-refractivity contribution in [3.05, 3.63) is 35.9 Å². The Bertz CT molecular complexity index is 365. The molecule has 17 heavy (non-hydrogen) atoms. The van der Waals surface area contributed by atoms with E-state index in [1.807, 2.05) is 30.3 Å². The molecule has 0 spiro atoms. The fourth-order valence-electron chi connectivity index (χ4n) is 1.22. The number of nitrogens with one attached hydrogen (secondary N) is 2. The van der Waals surface area contributed by atoms with Gasteiger partial charge >= 0.3 is 12.0 Å². The molecule has 0 aliphatic heterocycles. The van der Waals surface area contributed by atoms with Crippen LogP contribution in [0.4, 0.5) is 4.79 Å². The summed E-state index contributed by atoms with van der Waals surface area (Å²) in [5, 5.41) is 5.26. The second-order valence-corrected chi connectivity index (χ2v) is 3.42. The van der Waals surface area contributed by atoms with Crippen LogP contribution in [0.3, 0.4) is 0 Å². The van der Waals surface area contributed by atoms with Crippen LogP contribution < -0.4 is 10.6 Å². The van der Waals surface area contributed by atoms with Crippen LogP contribution in [0.1, 0.15) is 12.0 Å². The summed E-state index contributed by atoms with van der Waals surface area (Å²) in [6.45, 7) is 0.734. The van der Waals surface area contributed by atoms with Crippen molar-refractivity contribution in [3.8, 4) is 0 Å². The first-order valence-electron chi connectivity index (χ1n) is 5.35. The molecule has 2 N–H and O–H groups in total. The minimum atomic E-state index is -0.339. The molecule has 0 unspecified atom stereocenters. The highest BCUT2D eigenvalue weighted by atomic mass is 16.5. The zero-order valence-electron chi connectivity index (χ0n) is 9.73. The van der Waals surface area contributed by atoms with Gasteiger partial charge in [-0.15, -0.1) is 0 Å². The number of urea groups is 1. The molecule has 0 radical (unpaired) electrons. The van der Waals surface area contributed by atoms with Crippen LogP contribution in [-0.2, 0) is 16.1 Å². The lowest BCUT2D eigenvalue weighted by Gasteiger charge is -2.06. The van der Waals surface area contributed by atoms with Gasteiger partial charge in [-0.3, -0.25) is 4.79 Å². The minimum absolute atomic E-state index is 0.176. The Hall–Kier alpha value is -2.04. The highest BCUT2D eigenvalue weighted by Crippen LogP contribution is 1.96. The predicted octanol–water partition coefficient (Wildman–Crippen LogP) is 1.05. The number of carbonyl (C=O) groups excluding carboxylic acids is 2. The largest absolute Gasteiger partial charge is 0.469 e. The lowest BCUT2D eigenvalue weighted by Crippen LogP contribution is -2.36. The van der Waals surface area contributed by atoms with E-state index < -0.39 is 0 Å². The zero-order chi connectivity index (χ0) is 12.5. The number of carbonyl (C=O) groups is 2. The van der Waals surface area contributed by atoms with Crippen LogP contribution in [-0.4, -0.2) is 25.7 Å². The van der Waals surface area contributed by atoms with E-state index in [4.69, 9.17) is 0 Å². The molecule has 0 aromatic heterocycles. The fraction of sp³-hybridized carbons (Fsp3) is 0.333. The van der Waals surface area contributed by atoms with Crippen molar-refractivity contribution in [2.75, 3.05) is 13.7 Å². The average Bonchev–Trinajstić information content (AvgIpc) is 2.37. The van der Waals surface area contributed by atoms with E-state index in [0.717, 1.165) is 5.56 Å². The van der Waals surface area contributed by atoms with Crippen molar-refractivity contribution in [2.45, 2.75) is 13.0 Å². The predicted molar refractivity (Wildman–Crippen MR) is 63.3 cm³/mol. The molecule has 0 aliphatic carbocycles. The van der Waals surface area contributed by atoms with Gasteiger partial charge in [0.25, 0.3) is 0 Å². The van der Waals surface area contributed by atoms with Gasteiger partial charge in [0.2, 0.25) is 0 Å². The van der Waals surface area contributed by atoms with Crippen LogP contribution in [0.25, 0.3) is 0 Å². The van der Waals surface area contributed by atoms with Crippen molar-refractivity contribution in [1.82, 2.24) is 10.6 Å². The number of esters is 1. The molecule has 1 aromatic rings. The number of methoxy groups -OCH3 is 1. The van der Waals surface area contributed by atoms with E-state index in [2.05, 4.69) is 15.4 Å². The molecule has 1 rings (SSSR count). The Balaban J connectivity index is 2.16. The molecular formula is C12H16N2O3. The highest BCUT2D eigenvalue weighted by molar-refractivity contribution is 5.75. The summed E-state index contributed by atoms with van der Waals surface area (Å²) in [5.41, 5.74) is 1.02. The minimum Gasteiger partial charge on any atom is -0.469 e. The van der Waals surface area contributed by atoms with E-state index >= 15 is 0 Å². The third kappa shape index (κ3) is 5.55. The van der Waals surface area contributed by atoms with Gasteiger partial charge in [0, 0.05) is 13.1 Å². The summed E-state index contributed by atoms with van der Waals surface area (Å²) >= 11 is 0. The van der Waals surface area contributed by atoms with E-state index in [9.17, 15) is 9.59 Å². The lowest BCUT2D eigenvalue weighted by atomic mass is 10.2. The van der Waals surface area contributed by atoms with Crippen molar-refractivity contribution in [1.29, 1.82) is 0 Å². The summed E-state index contributed by atoms with van der Waals surface area (Å²) in [7, 11) is 1.32. The summed E-state index contributed by atoms with van der Waals surface area (Å²) in [6.07, 6.45) is 0.176. The summed E-state index contributed by atoms with van der Waals surface area (Å²) < 4.78 is 4.45. The normalized spacial score (nSPS) is 9.47. The van der Waals surface area contributed by atoms with Crippen LogP contribution in [0, 0.1) is 0 Å². The number of ether oxygens (including phenoxy) is 1. The van der Waals surface area contributed by atoms with Crippen molar-refractivity contribution < 1.29 is 14.3 Å². The zero-order valence-corrected chi connectivity index (χ0v) is 9.73. The third-order valence-electron chi connectivity index (χ3n) is 2.14. The van der Waals surface area contributed by atoms with Gasteiger partial charge in [-0.2, -0.15) is 0 Å². The summed E-state index contributed by atoms with van der Waals surface area (Å²) in [4.78, 5) is 22.1. The lowest BCUT2D eigenvalue weighted by molar-refractivity contribution is -0.140. The molecule has 1 aromatic carbocycles. The summed E-state index contributed by atoms with van der Waals surface area (Å²) in [6, 6.07) is 9.29. The Morgan fingerprint density at radius 1 is 1.18 bits per heavy atom. The molecule has 0 atom stereocenters. The number of hydrogen-bond donors (Lipinski definition) is 2. The first kappa shape index (κ1) is 13.0. The number of amides is 2. The molecule has 92 valence electrons. The van der Waals surface area contributed by atoms with E-state index in [-0.39, 0.29) is 25.0 Å². The maximum absolute atomic E-state index is 11.3. The second kappa shape index (κ2) is 7.27. The molecule has 0 saturated carbocycles. The van der Waals surface area contributed by atoms with Crippen molar-refractivity contribution in [2.24, 2.45) is 0 Å². The van der Waals surface area contributed by atoms with Crippen LogP contribution in [0.15, 0.2) is 30.3 Å². The Morgan fingerprint density at radius 2 is 1.88 bits per heavy atom. The molecule has 2 amide bonds. The van der Waals surface area contributed by atoms with E-state index in [1.54, 1.807) is 0 Å². The fourth-order valence-corrected chi connectivity index (χ4v) is 1.22. The standard InChI is InChI=1S/C12H16N2O3/c1-17-11(15)7-8-13-12(16)14-9-10-5-3-2-4-6-10/h2-6H,7-9H2,1H3,(H2,13,14,16). The molecule has 0 heterocycles. The number of benzene rings is 1. The van der Waals surface area contributed by atoms with Gasteiger partial charge in [0.05, 0.1) is 13.5 Å². The maximum atomic E-state index is 11.3. The third-order valence-corrected chi connectivity index (χ3v) is 2.14. The van der Waals surface area contributed by atoms with Crippen LogP contribution in [0.5, 0.6) is 0 Å². The van der Waals surface area contributed by atoms with Gasteiger partial charge in [-0.25, -0.2) is 4.79 Å². The molecule has 0 saturated heterocycles. The maximum Gasteiger partial charge on any atom is 0.315 e. The topological polar surface area (TPSA) is 67.4 Å². The van der Waals surface area contributed by atoms with Gasteiger partial charge in [0.1, 0.15) is 0 Å². The van der Waals surface area contributed by atoms with E-state index in [0.29, 0.717) is 6.54 Å². The molecule has 5 heteroatoms. The average molecular weight is 236 g/mol. The Morgan fingerprint density at radius 3 is 2.53 bits per heavy atom. The molecule has 0 fully saturated rings. The first-order valence-corrected chi connectivity index (χ1v) is 5.35. The molecular weight excluding hydrogens is 220 g/mol. The van der Waals surface area contributed by atoms with Crippen molar-refractivity contribution >= 4 is 12.0 Å². The monoisotopic (exact) mass is 236 g/mol. The van der Waals surface area contributed by atoms with Crippen LogP contribution in [0.2, 0.25) is 0 Å². The second-order valence-electron chi connectivity index (χ2n) is 3.42. The van der Waals surface area contributed by atoms with Crippen molar-refractivity contribution in [3.63, 3.8) is 0 Å². The summed E-state index contributed by atoms with van der Waals surface area (Å²) in [5.74, 6) is -0.339.